The van der Waals surface area contributed by atoms with Gasteiger partial charge in [0.2, 0.25) is 5.75 Å². The first-order valence-corrected chi connectivity index (χ1v) is 10.9. The maximum Gasteiger partial charge on any atom is 0.355 e. The number of carbonyl (C=O) groups is 1. The lowest BCUT2D eigenvalue weighted by atomic mass is 9.93. The molecule has 7 heteroatoms. The van der Waals surface area contributed by atoms with E-state index in [1.807, 2.05) is 18.2 Å². The van der Waals surface area contributed by atoms with Crippen LogP contribution in [0, 0.1) is 16.0 Å². The Morgan fingerprint density at radius 2 is 2.03 bits per heavy atom. The lowest BCUT2D eigenvalue weighted by Crippen LogP contribution is -2.12. The summed E-state index contributed by atoms with van der Waals surface area (Å²) in [5.41, 5.74) is 2.98. The molecule has 0 spiro atoms. The highest BCUT2D eigenvalue weighted by Crippen LogP contribution is 2.27. The smallest absolute Gasteiger partial charge is 0.355 e. The van der Waals surface area contributed by atoms with Gasteiger partial charge in [-0.1, -0.05) is 48.6 Å². The zero-order chi connectivity index (χ0) is 21.3. The largest absolute Gasteiger partial charge is 0.493 e. The van der Waals surface area contributed by atoms with Crippen molar-refractivity contribution in [2.75, 3.05) is 19.5 Å². The van der Waals surface area contributed by atoms with Gasteiger partial charge in [0.1, 0.15) is 11.5 Å². The van der Waals surface area contributed by atoms with Gasteiger partial charge in [0.05, 0.1) is 24.2 Å². The van der Waals surface area contributed by atoms with E-state index < -0.39 is 4.92 Å². The van der Waals surface area contributed by atoms with Gasteiger partial charge in [-0.25, -0.2) is 4.79 Å². The molecule has 6 nitrogen and oxygen atoms in total. The molecule has 0 heterocycles. The first-order valence-electron chi connectivity index (χ1n) is 9.61. The van der Waals surface area contributed by atoms with Gasteiger partial charge in [-0.2, -0.15) is 0 Å². The summed E-state index contributed by atoms with van der Waals surface area (Å²) >= 11 is 0.744. The van der Waals surface area contributed by atoms with E-state index in [0.29, 0.717) is 23.7 Å². The first kappa shape index (κ1) is 21.6. The van der Waals surface area contributed by atoms with Crippen LogP contribution in [0.3, 0.4) is 0 Å². The van der Waals surface area contributed by atoms with Crippen LogP contribution in [0.1, 0.15) is 17.5 Å². The van der Waals surface area contributed by atoms with Crippen molar-refractivity contribution in [1.82, 2.24) is 0 Å². The molecule has 0 radical (unpaired) electrons. The Morgan fingerprint density at radius 1 is 1.23 bits per heavy atom. The van der Waals surface area contributed by atoms with E-state index in [4.69, 9.17) is 4.74 Å². The van der Waals surface area contributed by atoms with Gasteiger partial charge in [-0.05, 0) is 41.5 Å². The molecule has 0 fully saturated rings. The average Bonchev–Trinajstić information content (AvgIpc) is 2.78. The average molecular weight is 427 g/mol. The Hall–Kier alpha value is -3.06. The molecule has 3 rings (SSSR count). The summed E-state index contributed by atoms with van der Waals surface area (Å²) < 4.78 is 10.5. The number of nitro benzene ring substituents is 1. The number of thiol groups is 1. The normalized spacial score (nSPS) is 15.4. The maximum atomic E-state index is 11.3. The number of hydrogen-bond acceptors (Lipinski definition) is 5. The van der Waals surface area contributed by atoms with E-state index in [9.17, 15) is 14.9 Å². The topological polar surface area (TPSA) is 78.7 Å². The molecule has 1 aliphatic rings. The number of ether oxygens (including phenoxy) is 2. The van der Waals surface area contributed by atoms with Crippen molar-refractivity contribution in [3.63, 3.8) is 0 Å². The lowest BCUT2D eigenvalue weighted by molar-refractivity contribution is -0.385. The monoisotopic (exact) mass is 426 g/mol. The molecule has 30 heavy (non-hydrogen) atoms. The molecule has 0 bridgehead atoms. The zero-order valence-electron chi connectivity index (χ0n) is 16.7. The number of rotatable bonds is 9. The molecular formula is C23H24NO5S+. The summed E-state index contributed by atoms with van der Waals surface area (Å²) in [5.74, 6) is 1.08. The molecule has 2 aromatic rings. The number of methoxy groups -OCH3 is 1. The number of benzene rings is 2. The maximum absolute atomic E-state index is 11.3. The van der Waals surface area contributed by atoms with Crippen molar-refractivity contribution < 1.29 is 19.2 Å². The van der Waals surface area contributed by atoms with E-state index >= 15 is 0 Å². The Morgan fingerprint density at radius 3 is 2.70 bits per heavy atom. The van der Waals surface area contributed by atoms with Gasteiger partial charge in [0.15, 0.2) is 0 Å². The van der Waals surface area contributed by atoms with Crippen molar-refractivity contribution in [2.24, 2.45) is 5.92 Å². The Bertz CT molecular complexity index is 955. The van der Waals surface area contributed by atoms with Gasteiger partial charge in [-0.15, -0.1) is 0 Å². The number of allylic oxidation sites excluding steroid dienone is 3. The fraction of sp³-hybridized carbons (Fsp3) is 0.261. The number of esters is 1. The molecule has 2 aromatic carbocycles. The second-order valence-corrected chi connectivity index (χ2v) is 7.93. The minimum Gasteiger partial charge on any atom is -0.493 e. The Labute approximate surface area is 179 Å². The number of hydrogen-bond donors (Lipinski definition) is 0. The second-order valence-electron chi connectivity index (χ2n) is 6.85. The summed E-state index contributed by atoms with van der Waals surface area (Å²) in [6.45, 7) is 0.492. The lowest BCUT2D eigenvalue weighted by Gasteiger charge is -2.17. The SMILES string of the molecule is COC(=O)C[SH+]Cc1cc(OCC2C=CC(c3ccccc3)=CC2)ccc1[N+](=O)[O-]. The third-order valence-electron chi connectivity index (χ3n) is 4.76. The summed E-state index contributed by atoms with van der Waals surface area (Å²) in [6, 6.07) is 15.0. The molecule has 0 amide bonds. The van der Waals surface area contributed by atoms with Gasteiger partial charge in [-0.3, -0.25) is 10.1 Å². The summed E-state index contributed by atoms with van der Waals surface area (Å²) in [4.78, 5) is 22.2. The van der Waals surface area contributed by atoms with Crippen LogP contribution < -0.4 is 4.74 Å². The standard InChI is InChI=1S/C23H23NO5S/c1-28-23(25)16-30-15-20-13-21(11-12-22(20)24(26)27)29-14-17-7-9-19(10-8-17)18-5-3-2-4-6-18/h2-7,9-13,17H,8,14-16H2,1H3/p+1. The Kier molecular flexibility index (Phi) is 7.68. The highest BCUT2D eigenvalue weighted by Gasteiger charge is 2.19. The van der Waals surface area contributed by atoms with E-state index in [1.165, 1.54) is 24.3 Å². The zero-order valence-corrected chi connectivity index (χ0v) is 17.6. The van der Waals surface area contributed by atoms with Crippen molar-refractivity contribution >= 4 is 29.0 Å². The molecular weight excluding hydrogens is 402 g/mol. The van der Waals surface area contributed by atoms with Crippen LogP contribution in [0.2, 0.25) is 0 Å². The van der Waals surface area contributed by atoms with E-state index in [0.717, 1.165) is 18.2 Å². The van der Waals surface area contributed by atoms with Crippen LogP contribution in [0.15, 0.2) is 66.8 Å². The van der Waals surface area contributed by atoms with Crippen LogP contribution in [0.25, 0.3) is 5.57 Å². The fourth-order valence-electron chi connectivity index (χ4n) is 3.12. The molecule has 1 aliphatic carbocycles. The van der Waals surface area contributed by atoms with Crippen LogP contribution in [-0.2, 0) is 27.0 Å². The van der Waals surface area contributed by atoms with Crippen LogP contribution >= 0.6 is 0 Å². The van der Waals surface area contributed by atoms with Gasteiger partial charge < -0.3 is 9.47 Å². The van der Waals surface area contributed by atoms with Crippen LogP contribution in [-0.4, -0.2) is 30.4 Å². The number of nitro groups is 1. The number of carbonyl (C=O) groups excluding carboxylic acids is 1. The van der Waals surface area contributed by atoms with Crippen molar-refractivity contribution in [1.29, 1.82) is 0 Å². The van der Waals surface area contributed by atoms with Crippen molar-refractivity contribution in [2.45, 2.75) is 12.2 Å². The molecule has 1 atom stereocenters. The molecule has 0 N–H and O–H groups in total. The molecule has 0 saturated carbocycles. The predicted octanol–water partition coefficient (Wildman–Crippen LogP) is 4.12. The summed E-state index contributed by atoms with van der Waals surface area (Å²) in [6.07, 6.45) is 7.33. The summed E-state index contributed by atoms with van der Waals surface area (Å²) in [5, 5.41) is 11.3. The molecule has 1 unspecified atom stereocenters. The van der Waals surface area contributed by atoms with E-state index in [-0.39, 0.29) is 23.3 Å². The fourth-order valence-corrected chi connectivity index (χ4v) is 4.04. The minimum absolute atomic E-state index is 0.0349. The van der Waals surface area contributed by atoms with Crippen molar-refractivity contribution in [3.8, 4) is 5.75 Å². The molecule has 156 valence electrons. The molecule has 0 saturated heterocycles. The second kappa shape index (κ2) is 10.6. The quantitative estimate of drug-likeness (QED) is 0.198. The Balaban J connectivity index is 1.58. The van der Waals surface area contributed by atoms with E-state index in [2.05, 4.69) is 35.1 Å². The minimum atomic E-state index is -0.410. The van der Waals surface area contributed by atoms with Gasteiger partial charge in [0, 0.05) is 12.0 Å². The van der Waals surface area contributed by atoms with Crippen LogP contribution in [0.4, 0.5) is 5.69 Å². The molecule has 0 aliphatic heterocycles. The third kappa shape index (κ3) is 5.97. The predicted molar refractivity (Wildman–Crippen MR) is 120 cm³/mol. The van der Waals surface area contributed by atoms with Gasteiger partial charge >= 0.3 is 5.97 Å². The molecule has 0 aromatic heterocycles. The highest BCUT2D eigenvalue weighted by molar-refractivity contribution is 7.78. The first-order chi connectivity index (χ1) is 14.6. The highest BCUT2D eigenvalue weighted by atomic mass is 32.2. The third-order valence-corrected chi connectivity index (χ3v) is 5.80. The number of nitrogens with zero attached hydrogens (tertiary/aromatic N) is 1. The van der Waals surface area contributed by atoms with E-state index in [1.54, 1.807) is 12.1 Å². The van der Waals surface area contributed by atoms with Gasteiger partial charge in [0.25, 0.3) is 5.69 Å². The summed E-state index contributed by atoms with van der Waals surface area (Å²) in [7, 11) is 1.33. The van der Waals surface area contributed by atoms with Crippen molar-refractivity contribution in [3.05, 3.63) is 88.0 Å². The van der Waals surface area contributed by atoms with Crippen LogP contribution in [0.5, 0.6) is 5.75 Å².